The Labute approximate surface area is 129 Å². The van der Waals surface area contributed by atoms with Gasteiger partial charge >= 0.3 is 0 Å². The van der Waals surface area contributed by atoms with Gasteiger partial charge in [-0.15, -0.1) is 22.0 Å². The SMILES string of the molecule is COc1cc(CN(C)[C@@H](C)c2nnc(C)o2)ccc1SC. The molecule has 5 nitrogen and oxygen atoms in total. The van der Waals surface area contributed by atoms with Crippen molar-refractivity contribution >= 4 is 11.8 Å². The molecule has 0 fully saturated rings. The van der Waals surface area contributed by atoms with Crippen molar-refractivity contribution in [1.29, 1.82) is 0 Å². The molecule has 0 unspecified atom stereocenters. The molecule has 0 saturated carbocycles. The van der Waals surface area contributed by atoms with Crippen LogP contribution >= 0.6 is 11.8 Å². The normalized spacial score (nSPS) is 12.7. The zero-order valence-corrected chi connectivity index (χ0v) is 13.9. The van der Waals surface area contributed by atoms with Gasteiger partial charge in [0.2, 0.25) is 11.8 Å². The highest BCUT2D eigenvalue weighted by Crippen LogP contribution is 2.29. The fourth-order valence-corrected chi connectivity index (χ4v) is 2.62. The molecule has 1 heterocycles. The van der Waals surface area contributed by atoms with Gasteiger partial charge in [0.1, 0.15) is 5.75 Å². The summed E-state index contributed by atoms with van der Waals surface area (Å²) in [5.41, 5.74) is 1.19. The number of thioether (sulfide) groups is 1. The average molecular weight is 307 g/mol. The molecule has 1 atom stereocenters. The van der Waals surface area contributed by atoms with Crippen LogP contribution in [0.5, 0.6) is 5.75 Å². The van der Waals surface area contributed by atoms with Crippen molar-refractivity contribution in [1.82, 2.24) is 15.1 Å². The van der Waals surface area contributed by atoms with E-state index in [2.05, 4.69) is 40.2 Å². The quantitative estimate of drug-likeness (QED) is 0.763. The first kappa shape index (κ1) is 15.9. The van der Waals surface area contributed by atoms with E-state index in [0.29, 0.717) is 11.8 Å². The van der Waals surface area contributed by atoms with E-state index in [1.54, 1.807) is 25.8 Å². The summed E-state index contributed by atoms with van der Waals surface area (Å²) in [5.74, 6) is 2.15. The second-order valence-corrected chi connectivity index (χ2v) is 5.79. The van der Waals surface area contributed by atoms with Gasteiger partial charge in [0.05, 0.1) is 13.2 Å². The first-order valence-corrected chi connectivity index (χ1v) is 7.98. The fraction of sp³-hybridized carbons (Fsp3) is 0.467. The molecule has 1 aromatic carbocycles. The van der Waals surface area contributed by atoms with E-state index in [1.807, 2.05) is 13.3 Å². The first-order valence-electron chi connectivity index (χ1n) is 6.76. The Kier molecular flexibility index (Phi) is 5.25. The average Bonchev–Trinajstić information content (AvgIpc) is 2.92. The molecule has 0 spiro atoms. The van der Waals surface area contributed by atoms with Crippen LogP contribution in [0, 0.1) is 6.92 Å². The largest absolute Gasteiger partial charge is 0.496 e. The van der Waals surface area contributed by atoms with E-state index >= 15 is 0 Å². The van der Waals surface area contributed by atoms with Crippen molar-refractivity contribution in [3.8, 4) is 5.75 Å². The van der Waals surface area contributed by atoms with Crippen molar-refractivity contribution in [3.63, 3.8) is 0 Å². The molecule has 21 heavy (non-hydrogen) atoms. The van der Waals surface area contributed by atoms with Gasteiger partial charge in [-0.25, -0.2) is 0 Å². The summed E-state index contributed by atoms with van der Waals surface area (Å²) < 4.78 is 10.9. The van der Waals surface area contributed by atoms with Crippen LogP contribution in [0.2, 0.25) is 0 Å². The molecule has 0 bridgehead atoms. The van der Waals surface area contributed by atoms with Gasteiger partial charge in [-0.05, 0) is 37.9 Å². The lowest BCUT2D eigenvalue weighted by molar-refractivity contribution is 0.215. The number of ether oxygens (including phenoxy) is 1. The molecule has 0 saturated heterocycles. The lowest BCUT2D eigenvalue weighted by atomic mass is 10.2. The minimum absolute atomic E-state index is 0.0671. The number of hydrogen-bond donors (Lipinski definition) is 0. The number of hydrogen-bond acceptors (Lipinski definition) is 6. The van der Waals surface area contributed by atoms with Gasteiger partial charge in [0.25, 0.3) is 0 Å². The summed E-state index contributed by atoms with van der Waals surface area (Å²) in [6.45, 7) is 4.64. The molecular formula is C15H21N3O2S. The number of aromatic nitrogens is 2. The molecule has 0 aliphatic carbocycles. The molecule has 2 aromatic rings. The van der Waals surface area contributed by atoms with Crippen LogP contribution in [0.1, 0.15) is 30.3 Å². The Balaban J connectivity index is 2.10. The maximum atomic E-state index is 5.49. The highest BCUT2D eigenvalue weighted by Gasteiger charge is 2.18. The van der Waals surface area contributed by atoms with Gasteiger partial charge < -0.3 is 9.15 Å². The molecule has 114 valence electrons. The summed E-state index contributed by atoms with van der Waals surface area (Å²) in [6.07, 6.45) is 2.05. The maximum Gasteiger partial charge on any atom is 0.233 e. The minimum Gasteiger partial charge on any atom is -0.496 e. The van der Waals surface area contributed by atoms with Gasteiger partial charge in [-0.1, -0.05) is 6.07 Å². The third-order valence-corrected chi connectivity index (χ3v) is 4.22. The van der Waals surface area contributed by atoms with Crippen molar-refractivity contribution in [3.05, 3.63) is 35.5 Å². The molecule has 6 heteroatoms. The summed E-state index contributed by atoms with van der Waals surface area (Å²) in [4.78, 5) is 3.31. The Morgan fingerprint density at radius 2 is 2.14 bits per heavy atom. The van der Waals surface area contributed by atoms with Crippen molar-refractivity contribution in [2.24, 2.45) is 0 Å². The van der Waals surface area contributed by atoms with Crippen LogP contribution < -0.4 is 4.74 Å². The first-order chi connectivity index (χ1) is 10.0. The smallest absolute Gasteiger partial charge is 0.233 e. The van der Waals surface area contributed by atoms with E-state index in [0.717, 1.165) is 17.2 Å². The predicted octanol–water partition coefficient (Wildman–Crippen LogP) is 3.30. The Hall–Kier alpha value is -1.53. The Morgan fingerprint density at radius 3 is 2.71 bits per heavy atom. The van der Waals surface area contributed by atoms with E-state index in [1.165, 1.54) is 5.56 Å². The standard InChI is InChI=1S/C15H21N3O2S/c1-10(15-17-16-11(2)20-15)18(3)9-12-6-7-14(21-5)13(8-12)19-4/h6-8,10H,9H2,1-5H3/t10-/m0/s1. The molecule has 0 amide bonds. The number of aryl methyl sites for hydroxylation is 1. The molecule has 0 aliphatic heterocycles. The number of nitrogens with zero attached hydrogens (tertiary/aromatic N) is 3. The fourth-order valence-electron chi connectivity index (χ4n) is 2.07. The van der Waals surface area contributed by atoms with E-state index in [-0.39, 0.29) is 6.04 Å². The number of rotatable bonds is 6. The van der Waals surface area contributed by atoms with Gasteiger partial charge in [-0.3, -0.25) is 4.90 Å². The number of benzene rings is 1. The molecule has 0 radical (unpaired) electrons. The molecule has 1 aromatic heterocycles. The molecular weight excluding hydrogens is 286 g/mol. The van der Waals surface area contributed by atoms with Gasteiger partial charge in [0.15, 0.2) is 0 Å². The topological polar surface area (TPSA) is 51.4 Å². The highest BCUT2D eigenvalue weighted by atomic mass is 32.2. The van der Waals surface area contributed by atoms with E-state index in [4.69, 9.17) is 9.15 Å². The highest BCUT2D eigenvalue weighted by molar-refractivity contribution is 7.98. The maximum absolute atomic E-state index is 5.49. The Morgan fingerprint density at radius 1 is 1.38 bits per heavy atom. The minimum atomic E-state index is 0.0671. The van der Waals surface area contributed by atoms with Gasteiger partial charge in [-0.2, -0.15) is 0 Å². The second kappa shape index (κ2) is 6.95. The lowest BCUT2D eigenvalue weighted by Gasteiger charge is -2.22. The van der Waals surface area contributed by atoms with Crippen LogP contribution in [0.3, 0.4) is 0 Å². The number of methoxy groups -OCH3 is 1. The van der Waals surface area contributed by atoms with Gasteiger partial charge in [0, 0.05) is 18.4 Å². The monoisotopic (exact) mass is 307 g/mol. The van der Waals surface area contributed by atoms with Crippen LogP contribution in [-0.2, 0) is 6.54 Å². The third kappa shape index (κ3) is 3.77. The third-order valence-electron chi connectivity index (χ3n) is 3.44. The molecule has 2 rings (SSSR count). The summed E-state index contributed by atoms with van der Waals surface area (Å²) in [7, 11) is 3.74. The van der Waals surface area contributed by atoms with Crippen molar-refractivity contribution in [2.45, 2.75) is 31.3 Å². The molecule has 0 N–H and O–H groups in total. The summed E-state index contributed by atoms with van der Waals surface area (Å²) >= 11 is 1.68. The van der Waals surface area contributed by atoms with Crippen LogP contribution in [0.15, 0.2) is 27.5 Å². The summed E-state index contributed by atoms with van der Waals surface area (Å²) in [6, 6.07) is 6.36. The zero-order chi connectivity index (χ0) is 15.4. The van der Waals surface area contributed by atoms with Crippen molar-refractivity contribution < 1.29 is 9.15 Å². The van der Waals surface area contributed by atoms with E-state index in [9.17, 15) is 0 Å². The summed E-state index contributed by atoms with van der Waals surface area (Å²) in [5, 5.41) is 7.96. The lowest BCUT2D eigenvalue weighted by Crippen LogP contribution is -2.22. The second-order valence-electron chi connectivity index (χ2n) is 4.94. The molecule has 0 aliphatic rings. The zero-order valence-electron chi connectivity index (χ0n) is 13.1. The van der Waals surface area contributed by atoms with Crippen LogP contribution in [0.25, 0.3) is 0 Å². The van der Waals surface area contributed by atoms with Crippen LogP contribution in [-0.4, -0.2) is 35.5 Å². The van der Waals surface area contributed by atoms with Crippen molar-refractivity contribution in [2.75, 3.05) is 20.4 Å². The van der Waals surface area contributed by atoms with E-state index < -0.39 is 0 Å². The van der Waals surface area contributed by atoms with Crippen LogP contribution in [0.4, 0.5) is 0 Å². The Bertz CT molecular complexity index is 600. The predicted molar refractivity (Wildman–Crippen MR) is 83.7 cm³/mol.